The molecular formula is C17H23F4N3O2S. The van der Waals surface area contributed by atoms with E-state index >= 15 is 0 Å². The van der Waals surface area contributed by atoms with Gasteiger partial charge >= 0.3 is 12.2 Å². The van der Waals surface area contributed by atoms with E-state index in [0.717, 1.165) is 10.7 Å². The van der Waals surface area contributed by atoms with E-state index in [4.69, 9.17) is 4.74 Å². The highest BCUT2D eigenvalue weighted by Gasteiger charge is 2.51. The van der Waals surface area contributed by atoms with E-state index in [9.17, 15) is 17.6 Å². The van der Waals surface area contributed by atoms with Crippen molar-refractivity contribution in [1.29, 1.82) is 0 Å². The molecule has 1 fully saturated rings. The van der Waals surface area contributed by atoms with Crippen LogP contribution in [0, 0.1) is 0 Å². The number of alkyl halides is 4. The van der Waals surface area contributed by atoms with E-state index in [1.807, 2.05) is 0 Å². The molecular weight excluding hydrogens is 386 g/mol. The van der Waals surface area contributed by atoms with Gasteiger partial charge in [-0.1, -0.05) is 0 Å². The van der Waals surface area contributed by atoms with E-state index in [1.165, 1.54) is 6.20 Å². The molecule has 0 radical (unpaired) electrons. The topological polar surface area (TPSA) is 39.5 Å². The van der Waals surface area contributed by atoms with Gasteiger partial charge in [-0.05, 0) is 30.9 Å². The maximum Gasteiger partial charge on any atom is 0.377 e. The van der Waals surface area contributed by atoms with Crippen LogP contribution >= 0.6 is 10.0 Å². The average molecular weight is 409 g/mol. The Morgan fingerprint density at radius 3 is 2.48 bits per heavy atom. The minimum atomic E-state index is -3.93. The molecule has 5 nitrogen and oxygen atoms in total. The molecule has 1 aliphatic heterocycles. The SMILES string of the molecule is CS(C)(C)CCOCn1ccc2cc(N3CC(F)(F)OC(F)(F)C3)cnc21. The largest absolute Gasteiger partial charge is 0.377 e. The summed E-state index contributed by atoms with van der Waals surface area (Å²) in [5.41, 5.74) is 0.800. The van der Waals surface area contributed by atoms with Gasteiger partial charge < -0.3 is 14.2 Å². The van der Waals surface area contributed by atoms with Crippen LogP contribution < -0.4 is 4.90 Å². The summed E-state index contributed by atoms with van der Waals surface area (Å²) >= 11 is 0. The first kappa shape index (κ1) is 20.2. The number of hydrogen-bond donors (Lipinski definition) is 0. The minimum Gasteiger partial charge on any atom is -0.360 e. The fraction of sp³-hybridized carbons (Fsp3) is 0.588. The molecule has 27 heavy (non-hydrogen) atoms. The lowest BCUT2D eigenvalue weighted by molar-refractivity contribution is -0.380. The third kappa shape index (κ3) is 5.26. The summed E-state index contributed by atoms with van der Waals surface area (Å²) in [6, 6.07) is 3.32. The van der Waals surface area contributed by atoms with Crippen LogP contribution in [0.15, 0.2) is 24.5 Å². The average Bonchev–Trinajstić information content (AvgIpc) is 2.90. The Labute approximate surface area is 156 Å². The lowest BCUT2D eigenvalue weighted by atomic mass is 10.2. The number of aromatic nitrogens is 2. The molecule has 3 heterocycles. The van der Waals surface area contributed by atoms with E-state index in [1.54, 1.807) is 22.9 Å². The molecule has 1 aliphatic rings. The van der Waals surface area contributed by atoms with Gasteiger partial charge in [0.2, 0.25) is 0 Å². The van der Waals surface area contributed by atoms with Gasteiger partial charge in [0.05, 0.1) is 18.5 Å². The summed E-state index contributed by atoms with van der Waals surface area (Å²) in [5, 5.41) is 0.663. The van der Waals surface area contributed by atoms with Crippen LogP contribution in [0.25, 0.3) is 11.0 Å². The van der Waals surface area contributed by atoms with Gasteiger partial charge in [0, 0.05) is 17.3 Å². The molecule has 152 valence electrons. The van der Waals surface area contributed by atoms with Crippen LogP contribution in [0.4, 0.5) is 23.2 Å². The number of halogens is 4. The molecule has 3 rings (SSSR count). The van der Waals surface area contributed by atoms with Crippen molar-refractivity contribution < 1.29 is 27.0 Å². The predicted octanol–water partition coefficient (Wildman–Crippen LogP) is 3.73. The zero-order valence-electron chi connectivity index (χ0n) is 15.4. The van der Waals surface area contributed by atoms with Crippen LogP contribution in [0.1, 0.15) is 0 Å². The Bertz CT molecular complexity index is 791. The number of rotatable bonds is 6. The quantitative estimate of drug-likeness (QED) is 0.539. The molecule has 2 aromatic rings. The molecule has 0 amide bonds. The van der Waals surface area contributed by atoms with Crippen LogP contribution in [-0.4, -0.2) is 66.0 Å². The molecule has 0 saturated carbocycles. The fourth-order valence-corrected chi connectivity index (χ4v) is 3.40. The van der Waals surface area contributed by atoms with Crippen molar-refractivity contribution in [3.63, 3.8) is 0 Å². The van der Waals surface area contributed by atoms with Crippen molar-refractivity contribution in [2.75, 3.05) is 49.1 Å². The summed E-state index contributed by atoms with van der Waals surface area (Å²) in [5.74, 6) is 0.989. The van der Waals surface area contributed by atoms with E-state index in [2.05, 4.69) is 28.5 Å². The third-order valence-corrected chi connectivity index (χ3v) is 5.46. The highest BCUT2D eigenvalue weighted by atomic mass is 32.3. The number of hydrogen-bond acceptors (Lipinski definition) is 4. The molecule has 0 bridgehead atoms. The van der Waals surface area contributed by atoms with E-state index in [-0.39, 0.29) is 5.69 Å². The summed E-state index contributed by atoms with van der Waals surface area (Å²) in [6.45, 7) is -0.947. The standard InChI is InChI=1S/C17H23F4N3O2S/c1-27(2,3)7-6-25-12-23-5-4-13-8-14(9-22-15(13)23)24-10-16(18,19)26-17(20,21)11-24/h4-5,8-9H,6-7,10-12H2,1-3H3. The van der Waals surface area contributed by atoms with Gasteiger partial charge in [-0.2, -0.15) is 17.6 Å². The minimum absolute atomic E-state index is 0.195. The number of morpholine rings is 1. The second-order valence-electron chi connectivity index (χ2n) is 7.46. The smallest absolute Gasteiger partial charge is 0.360 e. The van der Waals surface area contributed by atoms with E-state index in [0.29, 0.717) is 24.4 Å². The predicted molar refractivity (Wildman–Crippen MR) is 99.1 cm³/mol. The van der Waals surface area contributed by atoms with Gasteiger partial charge in [-0.15, -0.1) is 0 Å². The van der Waals surface area contributed by atoms with Gasteiger partial charge in [0.15, 0.2) is 0 Å². The normalized spacial score (nSPS) is 20.2. The number of fused-ring (bicyclic) bond motifs is 1. The molecule has 1 saturated heterocycles. The summed E-state index contributed by atoms with van der Waals surface area (Å²) in [7, 11) is -0.633. The maximum atomic E-state index is 13.4. The van der Waals surface area contributed by atoms with Gasteiger partial charge in [-0.25, -0.2) is 15.0 Å². The molecule has 0 atom stereocenters. The highest BCUT2D eigenvalue weighted by Crippen LogP contribution is 2.36. The van der Waals surface area contributed by atoms with Crippen LogP contribution in [-0.2, 0) is 16.2 Å². The Kier molecular flexibility index (Phi) is 5.35. The Hall–Kier alpha value is -1.52. The Morgan fingerprint density at radius 1 is 1.19 bits per heavy atom. The van der Waals surface area contributed by atoms with Crippen molar-refractivity contribution in [1.82, 2.24) is 9.55 Å². The summed E-state index contributed by atoms with van der Waals surface area (Å²) in [4.78, 5) is 5.14. The Morgan fingerprint density at radius 2 is 1.85 bits per heavy atom. The Balaban J connectivity index is 1.72. The lowest BCUT2D eigenvalue weighted by Gasteiger charge is -2.37. The zero-order valence-corrected chi connectivity index (χ0v) is 16.2. The molecule has 0 unspecified atom stereocenters. The molecule has 0 aromatic carbocycles. The van der Waals surface area contributed by atoms with Crippen LogP contribution in [0.5, 0.6) is 0 Å². The van der Waals surface area contributed by atoms with Crippen molar-refractivity contribution >= 4 is 26.7 Å². The van der Waals surface area contributed by atoms with Crippen LogP contribution in [0.3, 0.4) is 0 Å². The zero-order chi connectivity index (χ0) is 19.9. The lowest BCUT2D eigenvalue weighted by Crippen LogP contribution is -2.55. The van der Waals surface area contributed by atoms with Gasteiger partial charge in [-0.3, -0.25) is 4.74 Å². The molecule has 0 spiro atoms. The molecule has 0 N–H and O–H groups in total. The second kappa shape index (κ2) is 7.14. The van der Waals surface area contributed by atoms with Crippen molar-refractivity contribution in [2.24, 2.45) is 0 Å². The first-order valence-corrected chi connectivity index (χ1v) is 11.4. The molecule has 10 heteroatoms. The van der Waals surface area contributed by atoms with Crippen LogP contribution in [0.2, 0.25) is 0 Å². The molecule has 0 aliphatic carbocycles. The first-order chi connectivity index (χ1) is 12.4. The second-order valence-corrected chi connectivity index (χ2v) is 12.0. The fourth-order valence-electron chi connectivity index (χ4n) is 2.78. The number of nitrogens with zero attached hydrogens (tertiary/aromatic N) is 3. The third-order valence-electron chi connectivity index (χ3n) is 4.07. The van der Waals surface area contributed by atoms with Crippen molar-refractivity contribution in [2.45, 2.75) is 18.9 Å². The van der Waals surface area contributed by atoms with Gasteiger partial charge in [0.1, 0.15) is 25.5 Å². The first-order valence-electron chi connectivity index (χ1n) is 8.34. The summed E-state index contributed by atoms with van der Waals surface area (Å²) in [6.07, 6.45) is 1.87. The molecule has 2 aromatic heterocycles. The monoisotopic (exact) mass is 409 g/mol. The van der Waals surface area contributed by atoms with Gasteiger partial charge in [0.25, 0.3) is 0 Å². The number of ether oxygens (including phenoxy) is 2. The number of pyridine rings is 1. The highest BCUT2D eigenvalue weighted by molar-refractivity contribution is 8.32. The van der Waals surface area contributed by atoms with Crippen molar-refractivity contribution in [3.05, 3.63) is 24.5 Å². The van der Waals surface area contributed by atoms with E-state index < -0.39 is 35.3 Å². The number of anilines is 1. The summed E-state index contributed by atoms with van der Waals surface area (Å²) < 4.78 is 64.7. The van der Waals surface area contributed by atoms with Crippen molar-refractivity contribution in [3.8, 4) is 0 Å². The maximum absolute atomic E-state index is 13.4.